The molecule has 0 radical (unpaired) electrons. The van der Waals surface area contributed by atoms with Crippen molar-refractivity contribution in [1.82, 2.24) is 29.3 Å². The third-order valence-electron chi connectivity index (χ3n) is 5.94. The fourth-order valence-corrected chi connectivity index (χ4v) is 4.75. The minimum atomic E-state index is -3.27. The Morgan fingerprint density at radius 2 is 1.97 bits per heavy atom. The van der Waals surface area contributed by atoms with E-state index in [1.54, 1.807) is 12.3 Å². The van der Waals surface area contributed by atoms with Crippen LogP contribution in [0.2, 0.25) is 0 Å². The van der Waals surface area contributed by atoms with Crippen LogP contribution in [-0.2, 0) is 10.0 Å². The Bertz CT molecular complexity index is 1220. The minimum absolute atomic E-state index is 0.0292. The van der Waals surface area contributed by atoms with E-state index in [2.05, 4.69) is 43.5 Å². The van der Waals surface area contributed by atoms with Gasteiger partial charge in [0.15, 0.2) is 5.65 Å². The van der Waals surface area contributed by atoms with Gasteiger partial charge in [-0.3, -0.25) is 0 Å². The largest absolute Gasteiger partial charge is 0.351 e. The Morgan fingerprint density at radius 1 is 1.19 bits per heavy atom. The molecular formula is C20H25F2N7O2S. The fourth-order valence-electron chi connectivity index (χ4n) is 4.24. The highest BCUT2D eigenvalue weighted by atomic mass is 32.2. The summed E-state index contributed by atoms with van der Waals surface area (Å²) in [5.74, 6) is 0.796. The maximum Gasteiger partial charge on any atom is 0.282 e. The van der Waals surface area contributed by atoms with Crippen molar-refractivity contribution >= 4 is 21.5 Å². The first-order valence-corrected chi connectivity index (χ1v) is 12.2. The zero-order chi connectivity index (χ0) is 23.0. The van der Waals surface area contributed by atoms with Crippen LogP contribution in [0.3, 0.4) is 0 Å². The number of imidazole rings is 1. The number of hydrogen-bond donors (Lipinski definition) is 1. The second-order valence-corrected chi connectivity index (χ2v) is 10.0. The third kappa shape index (κ3) is 4.56. The van der Waals surface area contributed by atoms with E-state index in [9.17, 15) is 17.2 Å². The number of hydrogen-bond acceptors (Lipinski definition) is 7. The highest BCUT2D eigenvalue weighted by molar-refractivity contribution is 7.88. The summed E-state index contributed by atoms with van der Waals surface area (Å²) in [6.45, 7) is 4.51. The van der Waals surface area contributed by atoms with Crippen molar-refractivity contribution in [3.63, 3.8) is 0 Å². The molecule has 9 nitrogen and oxygen atoms in total. The molecule has 1 saturated heterocycles. The van der Waals surface area contributed by atoms with Gasteiger partial charge in [0, 0.05) is 24.7 Å². The molecule has 3 aromatic rings. The van der Waals surface area contributed by atoms with E-state index >= 15 is 0 Å². The molecule has 1 N–H and O–H groups in total. The maximum absolute atomic E-state index is 13.1. The Labute approximate surface area is 184 Å². The molecule has 0 aliphatic carbocycles. The first-order chi connectivity index (χ1) is 15.1. The summed E-state index contributed by atoms with van der Waals surface area (Å²) in [6.07, 6.45) is 3.22. The van der Waals surface area contributed by atoms with Crippen molar-refractivity contribution in [1.29, 1.82) is 0 Å². The molecule has 0 amide bonds. The van der Waals surface area contributed by atoms with Gasteiger partial charge >= 0.3 is 0 Å². The highest BCUT2D eigenvalue weighted by Gasteiger charge is 2.34. The van der Waals surface area contributed by atoms with Gasteiger partial charge in [0.2, 0.25) is 10.0 Å². The molecule has 1 fully saturated rings. The molecule has 4 heterocycles. The highest BCUT2D eigenvalue weighted by Crippen LogP contribution is 2.33. The molecule has 32 heavy (non-hydrogen) atoms. The monoisotopic (exact) mass is 465 g/mol. The lowest BCUT2D eigenvalue weighted by molar-refractivity contribution is 0.144. The van der Waals surface area contributed by atoms with Crippen molar-refractivity contribution in [2.75, 3.05) is 17.7 Å². The molecule has 3 unspecified atom stereocenters. The summed E-state index contributed by atoms with van der Waals surface area (Å²) < 4.78 is 53.3. The van der Waals surface area contributed by atoms with E-state index in [0.29, 0.717) is 29.4 Å². The molecule has 1 aliphatic heterocycles. The van der Waals surface area contributed by atoms with Gasteiger partial charge in [0.25, 0.3) is 6.43 Å². The quantitative estimate of drug-likeness (QED) is 0.597. The van der Waals surface area contributed by atoms with Gasteiger partial charge in [0.05, 0.1) is 18.1 Å². The molecule has 0 bridgehead atoms. The summed E-state index contributed by atoms with van der Waals surface area (Å²) in [6, 6.07) is 4.76. The van der Waals surface area contributed by atoms with Crippen LogP contribution in [0.5, 0.6) is 0 Å². The van der Waals surface area contributed by atoms with Crippen LogP contribution in [0.1, 0.15) is 38.8 Å². The molecular weight excluding hydrogens is 440 g/mol. The summed E-state index contributed by atoms with van der Waals surface area (Å²) in [5, 5.41) is 4.01. The summed E-state index contributed by atoms with van der Waals surface area (Å²) in [5.41, 5.74) is 1.10. The lowest BCUT2D eigenvalue weighted by atomic mass is 9.86. The predicted octanol–water partition coefficient (Wildman–Crippen LogP) is 2.67. The van der Waals surface area contributed by atoms with Crippen molar-refractivity contribution < 1.29 is 17.2 Å². The fraction of sp³-hybridized carbons (Fsp3) is 0.500. The second-order valence-electron chi connectivity index (χ2n) is 8.19. The zero-order valence-corrected chi connectivity index (χ0v) is 18.8. The molecule has 0 aromatic carbocycles. The van der Waals surface area contributed by atoms with Crippen molar-refractivity contribution in [3.05, 3.63) is 36.4 Å². The van der Waals surface area contributed by atoms with Crippen LogP contribution in [0.4, 0.5) is 14.6 Å². The molecule has 1 aliphatic rings. The van der Waals surface area contributed by atoms with Gasteiger partial charge in [-0.05, 0) is 44.7 Å². The van der Waals surface area contributed by atoms with Crippen LogP contribution in [0.25, 0.3) is 17.0 Å². The number of halogens is 2. The van der Waals surface area contributed by atoms with Crippen molar-refractivity contribution in [2.24, 2.45) is 5.92 Å². The third-order valence-corrected chi connectivity index (χ3v) is 6.64. The summed E-state index contributed by atoms with van der Waals surface area (Å²) >= 11 is 0. The van der Waals surface area contributed by atoms with Gasteiger partial charge in [-0.25, -0.2) is 41.4 Å². The summed E-state index contributed by atoms with van der Waals surface area (Å²) in [4.78, 5) is 15.2. The molecule has 4 rings (SSSR count). The van der Waals surface area contributed by atoms with Crippen LogP contribution in [0.15, 0.2) is 30.7 Å². The number of anilines is 1. The number of alkyl halides is 2. The normalized spacial score (nSPS) is 22.1. The first kappa shape index (κ1) is 22.5. The topological polar surface area (TPSA) is 105 Å². The number of piperidine rings is 1. The lowest BCUT2D eigenvalue weighted by Crippen LogP contribution is -2.51. The van der Waals surface area contributed by atoms with Gasteiger partial charge in [0.1, 0.15) is 23.5 Å². The summed E-state index contributed by atoms with van der Waals surface area (Å²) in [7, 11) is -3.27. The average molecular weight is 466 g/mol. The molecule has 3 aromatic heterocycles. The number of rotatable bonds is 6. The Kier molecular flexibility index (Phi) is 6.08. The van der Waals surface area contributed by atoms with Crippen LogP contribution in [0, 0.1) is 5.92 Å². The van der Waals surface area contributed by atoms with E-state index in [-0.39, 0.29) is 23.7 Å². The number of fused-ring (bicyclic) bond motifs is 1. The van der Waals surface area contributed by atoms with E-state index in [0.717, 1.165) is 19.1 Å². The molecule has 12 heteroatoms. The predicted molar refractivity (Wildman–Crippen MR) is 116 cm³/mol. The molecule has 0 saturated carbocycles. The SMILES string of the molecule is CC1CCC(CNS(C)(=O)=O)C(C)N1c1cc(-c2cnc3ccc(C(F)F)nn23)ncn1. The number of aromatic nitrogens is 5. The molecule has 172 valence electrons. The lowest BCUT2D eigenvalue weighted by Gasteiger charge is -2.44. The van der Waals surface area contributed by atoms with Gasteiger partial charge < -0.3 is 4.90 Å². The average Bonchev–Trinajstić information content (AvgIpc) is 3.16. The van der Waals surface area contributed by atoms with Crippen LogP contribution in [-0.4, -0.2) is 57.9 Å². The van der Waals surface area contributed by atoms with Gasteiger partial charge in [-0.2, -0.15) is 5.10 Å². The number of sulfonamides is 1. The number of nitrogens with zero attached hydrogens (tertiary/aromatic N) is 6. The minimum Gasteiger partial charge on any atom is -0.351 e. The first-order valence-electron chi connectivity index (χ1n) is 10.3. The van der Waals surface area contributed by atoms with Gasteiger partial charge in [-0.1, -0.05) is 0 Å². The van der Waals surface area contributed by atoms with Crippen LogP contribution >= 0.6 is 0 Å². The number of nitrogens with one attached hydrogen (secondary N) is 1. The van der Waals surface area contributed by atoms with Crippen molar-refractivity contribution in [2.45, 2.75) is 45.2 Å². The zero-order valence-electron chi connectivity index (χ0n) is 18.0. The Morgan fingerprint density at radius 3 is 2.69 bits per heavy atom. The van der Waals surface area contributed by atoms with Crippen LogP contribution < -0.4 is 9.62 Å². The van der Waals surface area contributed by atoms with E-state index in [4.69, 9.17) is 0 Å². The van der Waals surface area contributed by atoms with Crippen molar-refractivity contribution in [3.8, 4) is 11.4 Å². The van der Waals surface area contributed by atoms with E-state index in [1.165, 1.54) is 23.0 Å². The Hall–Kier alpha value is -2.73. The van der Waals surface area contributed by atoms with E-state index in [1.807, 2.05) is 0 Å². The second kappa shape index (κ2) is 8.66. The molecule has 0 spiro atoms. The Balaban J connectivity index is 1.66. The standard InChI is InChI=1S/C20H25F2N7O2S/c1-12-4-5-14(9-26-32(3,30)31)13(2)28(12)19-8-16(24-11-25-19)17-10-23-18-7-6-15(20(21)22)27-29(17)18/h6-8,10-14,20,26H,4-5,9H2,1-3H3. The smallest absolute Gasteiger partial charge is 0.282 e. The maximum atomic E-state index is 13.1. The van der Waals surface area contributed by atoms with Gasteiger partial charge in [-0.15, -0.1) is 0 Å². The molecule has 3 atom stereocenters. The van der Waals surface area contributed by atoms with E-state index < -0.39 is 16.4 Å².